The third-order valence-corrected chi connectivity index (χ3v) is 6.23. The van der Waals surface area contributed by atoms with Crippen LogP contribution in [0.4, 0.5) is 0 Å². The van der Waals surface area contributed by atoms with E-state index in [1.807, 2.05) is 6.07 Å². The van der Waals surface area contributed by atoms with Gasteiger partial charge >= 0.3 is 0 Å². The summed E-state index contributed by atoms with van der Waals surface area (Å²) in [4.78, 5) is 0.491. The van der Waals surface area contributed by atoms with Crippen molar-refractivity contribution in [3.05, 3.63) is 23.8 Å². The van der Waals surface area contributed by atoms with Crippen LogP contribution in [0.3, 0.4) is 0 Å². The highest BCUT2D eigenvalue weighted by atomic mass is 79.9. The first-order valence-electron chi connectivity index (χ1n) is 7.10. The van der Waals surface area contributed by atoms with Crippen LogP contribution in [0.25, 0.3) is 0 Å². The van der Waals surface area contributed by atoms with E-state index < -0.39 is 0 Å². The lowest BCUT2D eigenvalue weighted by molar-refractivity contribution is 0.354. The maximum atomic E-state index is 5.38. The van der Waals surface area contributed by atoms with Gasteiger partial charge in [-0.1, -0.05) is 49.7 Å². The molecule has 1 atom stereocenters. The van der Waals surface area contributed by atoms with Gasteiger partial charge in [-0.15, -0.1) is 0 Å². The first kappa shape index (κ1) is 15.7. The molecule has 1 aromatic rings. The average molecular weight is 341 g/mol. The van der Waals surface area contributed by atoms with Gasteiger partial charge in [-0.3, -0.25) is 0 Å². The van der Waals surface area contributed by atoms with Gasteiger partial charge in [-0.05, 0) is 40.9 Å². The van der Waals surface area contributed by atoms with Crippen molar-refractivity contribution < 1.29 is 9.47 Å². The highest BCUT2D eigenvalue weighted by Crippen LogP contribution is 2.71. The zero-order valence-corrected chi connectivity index (χ0v) is 14.9. The van der Waals surface area contributed by atoms with Crippen LogP contribution in [-0.2, 0) is 6.42 Å². The van der Waals surface area contributed by atoms with Crippen LogP contribution in [0.5, 0.6) is 11.5 Å². The second-order valence-electron chi connectivity index (χ2n) is 6.83. The van der Waals surface area contributed by atoms with Crippen LogP contribution < -0.4 is 9.47 Å². The van der Waals surface area contributed by atoms with E-state index in [2.05, 4.69) is 55.8 Å². The Morgan fingerprint density at radius 2 is 1.60 bits per heavy atom. The van der Waals surface area contributed by atoms with E-state index in [-0.39, 0.29) is 0 Å². The van der Waals surface area contributed by atoms with E-state index in [0.29, 0.717) is 21.6 Å². The summed E-state index contributed by atoms with van der Waals surface area (Å²) in [7, 11) is 3.35. The van der Waals surface area contributed by atoms with Crippen molar-refractivity contribution in [2.75, 3.05) is 14.2 Å². The number of hydrogen-bond donors (Lipinski definition) is 0. The fraction of sp³-hybridized carbons (Fsp3) is 0.647. The monoisotopic (exact) mass is 340 g/mol. The minimum absolute atomic E-state index is 0.401. The molecule has 0 aromatic heterocycles. The molecule has 1 unspecified atom stereocenters. The number of halogens is 1. The van der Waals surface area contributed by atoms with Crippen molar-refractivity contribution in [2.45, 2.75) is 38.9 Å². The summed E-state index contributed by atoms with van der Waals surface area (Å²) in [6, 6.07) is 6.19. The lowest BCUT2D eigenvalue weighted by Crippen LogP contribution is -2.10. The molecule has 0 heterocycles. The van der Waals surface area contributed by atoms with Crippen LogP contribution in [0.2, 0.25) is 0 Å². The molecule has 1 aliphatic rings. The first-order chi connectivity index (χ1) is 9.25. The van der Waals surface area contributed by atoms with Crippen molar-refractivity contribution in [3.8, 4) is 11.5 Å². The second kappa shape index (κ2) is 5.25. The van der Waals surface area contributed by atoms with Crippen molar-refractivity contribution in [1.29, 1.82) is 0 Å². The van der Waals surface area contributed by atoms with Crippen LogP contribution in [0, 0.1) is 16.7 Å². The molecule has 1 aromatic carbocycles. The van der Waals surface area contributed by atoms with Gasteiger partial charge in [0.1, 0.15) is 0 Å². The lowest BCUT2D eigenvalue weighted by Gasteiger charge is -2.14. The van der Waals surface area contributed by atoms with Crippen molar-refractivity contribution in [3.63, 3.8) is 0 Å². The Morgan fingerprint density at radius 1 is 1.05 bits per heavy atom. The summed E-state index contributed by atoms with van der Waals surface area (Å²) < 4.78 is 10.7. The molecule has 20 heavy (non-hydrogen) atoms. The Bertz CT molecular complexity index is 480. The predicted octanol–water partition coefficient (Wildman–Crippen LogP) is 4.69. The van der Waals surface area contributed by atoms with Gasteiger partial charge in [-0.2, -0.15) is 0 Å². The maximum absolute atomic E-state index is 5.38. The molecule has 0 radical (unpaired) electrons. The Labute approximate surface area is 131 Å². The van der Waals surface area contributed by atoms with Crippen LogP contribution in [-0.4, -0.2) is 19.0 Å². The van der Waals surface area contributed by atoms with Crippen LogP contribution in [0.1, 0.15) is 33.3 Å². The number of methoxy groups -OCH3 is 2. The Kier molecular flexibility index (Phi) is 4.12. The third-order valence-electron chi connectivity index (χ3n) is 5.37. The molecular formula is C17H25BrO2. The Balaban J connectivity index is 2.12. The van der Waals surface area contributed by atoms with E-state index >= 15 is 0 Å². The van der Waals surface area contributed by atoms with Crippen molar-refractivity contribution in [1.82, 2.24) is 0 Å². The van der Waals surface area contributed by atoms with Gasteiger partial charge in [0.2, 0.25) is 0 Å². The molecule has 3 heteroatoms. The summed E-state index contributed by atoms with van der Waals surface area (Å²) in [5, 5.41) is 0. The van der Waals surface area contributed by atoms with Crippen LogP contribution in [0.15, 0.2) is 18.2 Å². The second-order valence-corrected chi connectivity index (χ2v) is 8.01. The van der Waals surface area contributed by atoms with Gasteiger partial charge in [-0.25, -0.2) is 0 Å². The minimum atomic E-state index is 0.401. The van der Waals surface area contributed by atoms with E-state index in [1.165, 1.54) is 5.56 Å². The fourth-order valence-electron chi connectivity index (χ4n) is 3.50. The smallest absolute Gasteiger partial charge is 0.160 e. The Hall–Kier alpha value is -0.700. The molecule has 0 bridgehead atoms. The third kappa shape index (κ3) is 2.45. The normalized spacial score (nSPS) is 21.4. The summed E-state index contributed by atoms with van der Waals surface area (Å²) >= 11 is 3.90. The molecule has 1 aliphatic carbocycles. The lowest BCUT2D eigenvalue weighted by atomic mass is 10.0. The quantitative estimate of drug-likeness (QED) is 0.723. The summed E-state index contributed by atoms with van der Waals surface area (Å²) in [5.74, 6) is 2.29. The number of benzene rings is 1. The summed E-state index contributed by atoms with van der Waals surface area (Å²) in [6.45, 7) is 9.45. The SMILES string of the molecule is COc1ccc(CC(Br)C2C(C)(C)C2(C)C)cc1OC. The topological polar surface area (TPSA) is 18.5 Å². The highest BCUT2D eigenvalue weighted by molar-refractivity contribution is 9.09. The zero-order valence-electron chi connectivity index (χ0n) is 13.3. The molecule has 2 rings (SSSR count). The van der Waals surface area contributed by atoms with Gasteiger partial charge in [0.15, 0.2) is 11.5 Å². The van der Waals surface area contributed by atoms with Crippen molar-refractivity contribution >= 4 is 15.9 Å². The van der Waals surface area contributed by atoms with E-state index in [1.54, 1.807) is 14.2 Å². The molecule has 1 fully saturated rings. The van der Waals surface area contributed by atoms with E-state index in [0.717, 1.165) is 17.9 Å². The number of ether oxygens (including phenoxy) is 2. The summed E-state index contributed by atoms with van der Waals surface area (Å²) in [5.41, 5.74) is 2.08. The Morgan fingerprint density at radius 3 is 2.05 bits per heavy atom. The van der Waals surface area contributed by atoms with E-state index in [9.17, 15) is 0 Å². The van der Waals surface area contributed by atoms with Crippen molar-refractivity contribution in [2.24, 2.45) is 16.7 Å². The molecule has 0 amide bonds. The average Bonchev–Trinajstić information content (AvgIpc) is 2.79. The highest BCUT2D eigenvalue weighted by Gasteiger charge is 2.66. The van der Waals surface area contributed by atoms with E-state index in [4.69, 9.17) is 9.47 Å². The standard InChI is InChI=1S/C17H25BrO2/c1-16(2)15(17(16,3)4)12(18)9-11-7-8-13(19-5)14(10-11)20-6/h7-8,10,12,15H,9H2,1-6H3. The van der Waals surface area contributed by atoms with Gasteiger partial charge in [0.25, 0.3) is 0 Å². The zero-order chi connectivity index (χ0) is 15.1. The fourth-order valence-corrected chi connectivity index (χ4v) is 5.20. The molecule has 1 saturated carbocycles. The first-order valence-corrected chi connectivity index (χ1v) is 8.02. The number of hydrogen-bond acceptors (Lipinski definition) is 2. The maximum Gasteiger partial charge on any atom is 0.160 e. The number of alkyl halides is 1. The van der Waals surface area contributed by atoms with Crippen LogP contribution >= 0.6 is 15.9 Å². The molecule has 0 N–H and O–H groups in total. The largest absolute Gasteiger partial charge is 0.493 e. The summed E-state index contributed by atoms with van der Waals surface area (Å²) in [6.07, 6.45) is 1.01. The van der Waals surface area contributed by atoms with Gasteiger partial charge < -0.3 is 9.47 Å². The molecular weight excluding hydrogens is 316 g/mol. The molecule has 2 nitrogen and oxygen atoms in total. The molecule has 0 aliphatic heterocycles. The minimum Gasteiger partial charge on any atom is -0.493 e. The van der Waals surface area contributed by atoms with Gasteiger partial charge in [0.05, 0.1) is 14.2 Å². The molecule has 0 saturated heterocycles. The molecule has 112 valence electrons. The number of rotatable bonds is 5. The molecule has 0 spiro atoms. The van der Waals surface area contributed by atoms with Gasteiger partial charge in [0, 0.05) is 4.83 Å². The predicted molar refractivity (Wildman–Crippen MR) is 87.0 cm³/mol.